The van der Waals surface area contributed by atoms with Crippen molar-refractivity contribution in [2.24, 2.45) is 0 Å². The van der Waals surface area contributed by atoms with Gasteiger partial charge in [0.1, 0.15) is 0 Å². The number of hydrogen-bond donors (Lipinski definition) is 0. The number of imidazole rings is 1. The van der Waals surface area contributed by atoms with Gasteiger partial charge in [-0.1, -0.05) is 13.2 Å². The van der Waals surface area contributed by atoms with Crippen molar-refractivity contribution in [1.82, 2.24) is 9.55 Å². The molecule has 0 atom stereocenters. The van der Waals surface area contributed by atoms with Crippen LogP contribution in [0.4, 0.5) is 5.95 Å². The Labute approximate surface area is 90.7 Å². The van der Waals surface area contributed by atoms with Crippen molar-refractivity contribution in [2.75, 3.05) is 18.0 Å². The number of hydrogen-bond acceptors (Lipinski definition) is 2. The minimum atomic E-state index is 0.912. The fraction of sp³-hybridized carbons (Fsp3) is 0.417. The van der Waals surface area contributed by atoms with Crippen LogP contribution in [-0.4, -0.2) is 22.6 Å². The van der Waals surface area contributed by atoms with Crippen LogP contribution in [0.5, 0.6) is 0 Å². The van der Waals surface area contributed by atoms with Gasteiger partial charge in [0.05, 0.1) is 5.69 Å². The predicted octanol–water partition coefficient (Wildman–Crippen LogP) is 2.62. The zero-order valence-corrected chi connectivity index (χ0v) is 9.02. The molecule has 3 heteroatoms. The Morgan fingerprint density at radius 1 is 1.20 bits per heavy atom. The quantitative estimate of drug-likeness (QED) is 0.753. The standard InChI is InChI=1S/C12H17N3/c1-3-11-10-14(4-2)12(13-11)15-8-6-5-7-9-15/h3-4,10H,1-2,5-9H2. The first-order valence-electron chi connectivity index (χ1n) is 5.44. The molecule has 0 unspecified atom stereocenters. The van der Waals surface area contributed by atoms with Crippen LogP contribution in [0.3, 0.4) is 0 Å². The third-order valence-corrected chi connectivity index (χ3v) is 2.78. The van der Waals surface area contributed by atoms with Gasteiger partial charge >= 0.3 is 0 Å². The lowest BCUT2D eigenvalue weighted by atomic mass is 10.1. The summed E-state index contributed by atoms with van der Waals surface area (Å²) in [7, 11) is 0. The summed E-state index contributed by atoms with van der Waals surface area (Å²) in [5, 5.41) is 0. The largest absolute Gasteiger partial charge is 0.342 e. The van der Waals surface area contributed by atoms with Gasteiger partial charge in [-0.2, -0.15) is 0 Å². The highest BCUT2D eigenvalue weighted by Gasteiger charge is 2.15. The maximum atomic E-state index is 4.52. The second kappa shape index (κ2) is 4.34. The van der Waals surface area contributed by atoms with Crippen LogP contribution in [0.25, 0.3) is 12.3 Å². The summed E-state index contributed by atoms with van der Waals surface area (Å²) >= 11 is 0. The molecule has 0 N–H and O–H groups in total. The third kappa shape index (κ3) is 1.96. The molecule has 0 saturated carbocycles. The van der Waals surface area contributed by atoms with E-state index in [2.05, 4.69) is 23.0 Å². The monoisotopic (exact) mass is 203 g/mol. The van der Waals surface area contributed by atoms with Crippen LogP contribution in [-0.2, 0) is 0 Å². The summed E-state index contributed by atoms with van der Waals surface area (Å²) in [5.74, 6) is 1.000. The Bertz CT molecular complexity index is 359. The minimum absolute atomic E-state index is 0.912. The molecule has 1 fully saturated rings. The number of aromatic nitrogens is 2. The van der Waals surface area contributed by atoms with E-state index >= 15 is 0 Å². The first-order valence-corrected chi connectivity index (χ1v) is 5.44. The zero-order chi connectivity index (χ0) is 10.7. The summed E-state index contributed by atoms with van der Waals surface area (Å²) in [6.07, 6.45) is 9.38. The number of anilines is 1. The molecule has 15 heavy (non-hydrogen) atoms. The van der Waals surface area contributed by atoms with Gasteiger partial charge in [-0.3, -0.25) is 4.57 Å². The second-order valence-corrected chi connectivity index (χ2v) is 3.81. The van der Waals surface area contributed by atoms with Gasteiger partial charge < -0.3 is 4.90 Å². The molecule has 1 aromatic rings. The van der Waals surface area contributed by atoms with Crippen LogP contribution >= 0.6 is 0 Å². The van der Waals surface area contributed by atoms with Gasteiger partial charge in [0.2, 0.25) is 5.95 Å². The average molecular weight is 203 g/mol. The van der Waals surface area contributed by atoms with E-state index in [0.29, 0.717) is 0 Å². The third-order valence-electron chi connectivity index (χ3n) is 2.78. The normalized spacial score (nSPS) is 16.4. The Balaban J connectivity index is 2.27. The Morgan fingerprint density at radius 3 is 2.53 bits per heavy atom. The fourth-order valence-electron chi connectivity index (χ4n) is 1.96. The number of piperidine rings is 1. The molecule has 0 bridgehead atoms. The molecule has 0 amide bonds. The van der Waals surface area contributed by atoms with Crippen molar-refractivity contribution >= 4 is 18.2 Å². The van der Waals surface area contributed by atoms with Crippen LogP contribution in [0, 0.1) is 0 Å². The lowest BCUT2D eigenvalue weighted by Gasteiger charge is -2.27. The molecular weight excluding hydrogens is 186 g/mol. The summed E-state index contributed by atoms with van der Waals surface area (Å²) in [4.78, 5) is 6.84. The molecule has 0 aromatic carbocycles. The van der Waals surface area contributed by atoms with E-state index in [4.69, 9.17) is 0 Å². The maximum absolute atomic E-state index is 4.52. The van der Waals surface area contributed by atoms with Gasteiger partial charge in [0, 0.05) is 25.5 Å². The van der Waals surface area contributed by atoms with E-state index in [-0.39, 0.29) is 0 Å². The predicted molar refractivity (Wildman–Crippen MR) is 64.8 cm³/mol. The van der Waals surface area contributed by atoms with Crippen LogP contribution < -0.4 is 4.90 Å². The molecule has 0 aliphatic carbocycles. The molecule has 1 aliphatic rings. The molecule has 2 heterocycles. The zero-order valence-electron chi connectivity index (χ0n) is 9.02. The Kier molecular flexibility index (Phi) is 2.90. The minimum Gasteiger partial charge on any atom is -0.342 e. The van der Waals surface area contributed by atoms with Gasteiger partial charge in [-0.05, 0) is 25.3 Å². The molecule has 3 nitrogen and oxygen atoms in total. The summed E-state index contributed by atoms with van der Waals surface area (Å²) in [5.41, 5.74) is 0.912. The van der Waals surface area contributed by atoms with Crippen LogP contribution in [0.1, 0.15) is 25.0 Å². The highest BCUT2D eigenvalue weighted by Crippen LogP contribution is 2.20. The van der Waals surface area contributed by atoms with Crippen molar-refractivity contribution in [1.29, 1.82) is 0 Å². The van der Waals surface area contributed by atoms with Crippen molar-refractivity contribution in [2.45, 2.75) is 19.3 Å². The van der Waals surface area contributed by atoms with E-state index < -0.39 is 0 Å². The fourth-order valence-corrected chi connectivity index (χ4v) is 1.96. The van der Waals surface area contributed by atoms with Crippen LogP contribution in [0.15, 0.2) is 19.4 Å². The van der Waals surface area contributed by atoms with Gasteiger partial charge in [0.25, 0.3) is 0 Å². The van der Waals surface area contributed by atoms with Gasteiger partial charge in [0.15, 0.2) is 0 Å². The highest BCUT2D eigenvalue weighted by atomic mass is 15.3. The van der Waals surface area contributed by atoms with E-state index in [9.17, 15) is 0 Å². The van der Waals surface area contributed by atoms with E-state index in [1.165, 1.54) is 19.3 Å². The maximum Gasteiger partial charge on any atom is 0.210 e. The lowest BCUT2D eigenvalue weighted by Crippen LogP contribution is -2.31. The summed E-state index contributed by atoms with van der Waals surface area (Å²) in [6, 6.07) is 0. The average Bonchev–Trinajstić information content (AvgIpc) is 2.73. The van der Waals surface area contributed by atoms with Crippen molar-refractivity contribution in [3.05, 3.63) is 25.0 Å². The van der Waals surface area contributed by atoms with E-state index in [1.54, 1.807) is 12.3 Å². The van der Waals surface area contributed by atoms with Crippen molar-refractivity contribution < 1.29 is 0 Å². The van der Waals surface area contributed by atoms with Crippen molar-refractivity contribution in [3.63, 3.8) is 0 Å². The first-order chi connectivity index (χ1) is 7.35. The van der Waals surface area contributed by atoms with Gasteiger partial charge in [-0.25, -0.2) is 4.98 Å². The molecule has 1 saturated heterocycles. The van der Waals surface area contributed by atoms with Gasteiger partial charge in [-0.15, -0.1) is 0 Å². The Hall–Kier alpha value is -1.51. The smallest absolute Gasteiger partial charge is 0.210 e. The van der Waals surface area contributed by atoms with E-state index in [0.717, 1.165) is 24.7 Å². The molecule has 80 valence electrons. The van der Waals surface area contributed by atoms with Crippen LogP contribution in [0.2, 0.25) is 0 Å². The molecule has 1 aromatic heterocycles. The molecule has 2 rings (SSSR count). The Morgan fingerprint density at radius 2 is 1.93 bits per heavy atom. The number of nitrogens with zero attached hydrogens (tertiary/aromatic N) is 3. The summed E-state index contributed by atoms with van der Waals surface area (Å²) in [6.45, 7) is 9.73. The SMILES string of the molecule is C=Cc1cn(C=C)c(N2CCCCC2)n1. The number of rotatable bonds is 3. The first kappa shape index (κ1) is 10.0. The molecular formula is C12H17N3. The van der Waals surface area contributed by atoms with Crippen molar-refractivity contribution in [3.8, 4) is 0 Å². The second-order valence-electron chi connectivity index (χ2n) is 3.81. The molecule has 0 spiro atoms. The lowest BCUT2D eigenvalue weighted by molar-refractivity contribution is 0.567. The molecule has 1 aliphatic heterocycles. The summed E-state index contributed by atoms with van der Waals surface area (Å²) < 4.78 is 1.97. The topological polar surface area (TPSA) is 21.1 Å². The van der Waals surface area contributed by atoms with E-state index in [1.807, 2.05) is 10.8 Å². The molecule has 0 radical (unpaired) electrons. The highest BCUT2D eigenvalue weighted by molar-refractivity contribution is 5.50.